The van der Waals surface area contributed by atoms with E-state index >= 15 is 0 Å². The van der Waals surface area contributed by atoms with E-state index in [9.17, 15) is 18.0 Å². The highest BCUT2D eigenvalue weighted by molar-refractivity contribution is 5.98. The minimum absolute atomic E-state index is 0.0303. The standard InChI is InChI=1S/C14H19F3N2O/c1-9-7-12(10(2)18-9)13(20)8-19-5-3-11(4-6-19)14(15,16)17/h7,11,18H,3-6,8H2,1-2H3. The van der Waals surface area contributed by atoms with E-state index in [2.05, 4.69) is 4.98 Å². The van der Waals surface area contributed by atoms with Gasteiger partial charge in [0.05, 0.1) is 12.5 Å². The first-order valence-electron chi connectivity index (χ1n) is 6.76. The van der Waals surface area contributed by atoms with Gasteiger partial charge in [0.15, 0.2) is 5.78 Å². The number of aryl methyl sites for hydroxylation is 2. The molecule has 0 bridgehead atoms. The lowest BCUT2D eigenvalue weighted by molar-refractivity contribution is -0.184. The largest absolute Gasteiger partial charge is 0.391 e. The van der Waals surface area contributed by atoms with Crippen LogP contribution in [0.5, 0.6) is 0 Å². The predicted octanol–water partition coefficient (Wildman–Crippen LogP) is 3.09. The average molecular weight is 288 g/mol. The van der Waals surface area contributed by atoms with Gasteiger partial charge in [0.25, 0.3) is 0 Å². The molecule has 0 aromatic carbocycles. The molecule has 1 fully saturated rings. The monoisotopic (exact) mass is 288 g/mol. The number of ketones is 1. The fraction of sp³-hybridized carbons (Fsp3) is 0.643. The van der Waals surface area contributed by atoms with Crippen LogP contribution >= 0.6 is 0 Å². The number of likely N-dealkylation sites (tertiary alicyclic amines) is 1. The Morgan fingerprint density at radius 2 is 1.95 bits per heavy atom. The van der Waals surface area contributed by atoms with Crippen molar-refractivity contribution in [2.24, 2.45) is 5.92 Å². The Morgan fingerprint density at radius 3 is 2.40 bits per heavy atom. The number of nitrogens with zero attached hydrogens (tertiary/aromatic N) is 1. The minimum Gasteiger partial charge on any atom is -0.362 e. The Bertz CT molecular complexity index is 485. The molecule has 1 aromatic heterocycles. The first-order valence-corrected chi connectivity index (χ1v) is 6.76. The van der Waals surface area contributed by atoms with Crippen LogP contribution in [0.2, 0.25) is 0 Å². The molecule has 3 nitrogen and oxygen atoms in total. The van der Waals surface area contributed by atoms with Crippen molar-refractivity contribution in [1.29, 1.82) is 0 Å². The van der Waals surface area contributed by atoms with Crippen molar-refractivity contribution in [2.75, 3.05) is 19.6 Å². The van der Waals surface area contributed by atoms with Crippen LogP contribution in [-0.2, 0) is 0 Å². The molecule has 1 saturated heterocycles. The second-order valence-electron chi connectivity index (χ2n) is 5.51. The Morgan fingerprint density at radius 1 is 1.35 bits per heavy atom. The normalized spacial score (nSPS) is 18.4. The summed E-state index contributed by atoms with van der Waals surface area (Å²) >= 11 is 0. The van der Waals surface area contributed by atoms with Gasteiger partial charge in [-0.1, -0.05) is 0 Å². The third-order valence-corrected chi connectivity index (χ3v) is 3.87. The third-order valence-electron chi connectivity index (χ3n) is 3.87. The van der Waals surface area contributed by atoms with E-state index in [-0.39, 0.29) is 25.2 Å². The highest BCUT2D eigenvalue weighted by atomic mass is 19.4. The molecule has 0 aliphatic carbocycles. The van der Waals surface area contributed by atoms with Gasteiger partial charge in [-0.25, -0.2) is 0 Å². The van der Waals surface area contributed by atoms with Crippen molar-refractivity contribution in [2.45, 2.75) is 32.9 Å². The zero-order chi connectivity index (χ0) is 14.9. The molecule has 1 aliphatic rings. The summed E-state index contributed by atoms with van der Waals surface area (Å²) in [7, 11) is 0. The third kappa shape index (κ3) is 3.42. The molecular formula is C14H19F3N2O. The van der Waals surface area contributed by atoms with E-state index in [1.54, 1.807) is 6.07 Å². The molecule has 2 rings (SSSR count). The number of aromatic amines is 1. The molecule has 1 aromatic rings. The Kier molecular flexibility index (Phi) is 4.22. The van der Waals surface area contributed by atoms with Gasteiger partial charge < -0.3 is 4.98 Å². The van der Waals surface area contributed by atoms with Gasteiger partial charge in [-0.3, -0.25) is 9.69 Å². The van der Waals surface area contributed by atoms with Gasteiger partial charge in [0, 0.05) is 17.0 Å². The van der Waals surface area contributed by atoms with Crippen LogP contribution < -0.4 is 0 Å². The first-order chi connectivity index (χ1) is 9.27. The minimum atomic E-state index is -4.11. The predicted molar refractivity (Wildman–Crippen MR) is 69.8 cm³/mol. The molecule has 0 amide bonds. The Labute approximate surface area is 116 Å². The molecule has 1 aliphatic heterocycles. The summed E-state index contributed by atoms with van der Waals surface area (Å²) in [5, 5.41) is 0. The molecule has 20 heavy (non-hydrogen) atoms. The van der Waals surface area contributed by atoms with Crippen LogP contribution in [0.25, 0.3) is 0 Å². The number of alkyl halides is 3. The van der Waals surface area contributed by atoms with Gasteiger partial charge in [-0.05, 0) is 45.8 Å². The molecule has 0 atom stereocenters. The smallest absolute Gasteiger partial charge is 0.362 e. The van der Waals surface area contributed by atoms with Gasteiger partial charge in [0.2, 0.25) is 0 Å². The van der Waals surface area contributed by atoms with Crippen molar-refractivity contribution in [1.82, 2.24) is 9.88 Å². The molecular weight excluding hydrogens is 269 g/mol. The van der Waals surface area contributed by atoms with E-state index in [4.69, 9.17) is 0 Å². The summed E-state index contributed by atoms with van der Waals surface area (Å²) in [5.74, 6) is -1.25. The van der Waals surface area contributed by atoms with Crippen LogP contribution in [-0.4, -0.2) is 41.5 Å². The number of rotatable bonds is 3. The van der Waals surface area contributed by atoms with Gasteiger partial charge in [-0.2, -0.15) is 13.2 Å². The second kappa shape index (κ2) is 5.60. The fourth-order valence-corrected chi connectivity index (χ4v) is 2.72. The van der Waals surface area contributed by atoms with Gasteiger partial charge >= 0.3 is 6.18 Å². The van der Waals surface area contributed by atoms with Crippen LogP contribution in [0.3, 0.4) is 0 Å². The number of Topliss-reactive ketones (excluding diaryl/α,β-unsaturated/α-hetero) is 1. The molecule has 1 N–H and O–H groups in total. The Balaban J connectivity index is 1.90. The molecule has 0 saturated carbocycles. The van der Waals surface area contributed by atoms with Crippen molar-refractivity contribution in [3.63, 3.8) is 0 Å². The summed E-state index contributed by atoms with van der Waals surface area (Å²) in [4.78, 5) is 17.0. The van der Waals surface area contributed by atoms with Crippen molar-refractivity contribution >= 4 is 5.78 Å². The number of nitrogens with one attached hydrogen (secondary N) is 1. The van der Waals surface area contributed by atoms with Crippen molar-refractivity contribution in [3.05, 3.63) is 23.0 Å². The number of hydrogen-bond donors (Lipinski definition) is 1. The highest BCUT2D eigenvalue weighted by Crippen LogP contribution is 2.34. The lowest BCUT2D eigenvalue weighted by atomic mass is 9.96. The Hall–Kier alpha value is -1.30. The summed E-state index contributed by atoms with van der Waals surface area (Å²) in [6, 6.07) is 1.79. The van der Waals surface area contributed by atoms with E-state index in [0.717, 1.165) is 11.4 Å². The van der Waals surface area contributed by atoms with Crippen LogP contribution in [0.1, 0.15) is 34.6 Å². The second-order valence-corrected chi connectivity index (χ2v) is 5.51. The number of aromatic nitrogens is 1. The summed E-state index contributed by atoms with van der Waals surface area (Å²) in [6.45, 7) is 4.56. The van der Waals surface area contributed by atoms with Crippen LogP contribution in [0.15, 0.2) is 6.07 Å². The van der Waals surface area contributed by atoms with E-state index < -0.39 is 12.1 Å². The molecule has 0 spiro atoms. The van der Waals surface area contributed by atoms with E-state index in [1.807, 2.05) is 18.7 Å². The lowest BCUT2D eigenvalue weighted by Crippen LogP contribution is -2.41. The number of carbonyl (C=O) groups excluding carboxylic acids is 1. The maximum Gasteiger partial charge on any atom is 0.391 e. The van der Waals surface area contributed by atoms with Crippen LogP contribution in [0, 0.1) is 19.8 Å². The summed E-state index contributed by atoms with van der Waals surface area (Å²) in [5.41, 5.74) is 2.37. The maximum absolute atomic E-state index is 12.6. The molecule has 112 valence electrons. The number of H-pyrrole nitrogens is 1. The van der Waals surface area contributed by atoms with Crippen molar-refractivity contribution in [3.8, 4) is 0 Å². The summed E-state index contributed by atoms with van der Waals surface area (Å²) < 4.78 is 37.7. The van der Waals surface area contributed by atoms with Crippen LogP contribution in [0.4, 0.5) is 13.2 Å². The van der Waals surface area contributed by atoms with E-state index in [0.29, 0.717) is 18.7 Å². The molecule has 2 heterocycles. The van der Waals surface area contributed by atoms with Gasteiger partial charge in [0.1, 0.15) is 0 Å². The quantitative estimate of drug-likeness (QED) is 0.868. The van der Waals surface area contributed by atoms with E-state index in [1.165, 1.54) is 0 Å². The topological polar surface area (TPSA) is 36.1 Å². The summed E-state index contributed by atoms with van der Waals surface area (Å²) in [6.07, 6.45) is -3.94. The lowest BCUT2D eigenvalue weighted by Gasteiger charge is -2.32. The molecule has 0 radical (unpaired) electrons. The SMILES string of the molecule is Cc1cc(C(=O)CN2CCC(C(F)(F)F)CC2)c(C)[nH]1. The van der Waals surface area contributed by atoms with Gasteiger partial charge in [-0.15, -0.1) is 0 Å². The number of hydrogen-bond acceptors (Lipinski definition) is 2. The first kappa shape index (κ1) is 15.1. The average Bonchev–Trinajstić information content (AvgIpc) is 2.68. The highest BCUT2D eigenvalue weighted by Gasteiger charge is 2.41. The maximum atomic E-state index is 12.6. The number of halogens is 3. The number of carbonyl (C=O) groups is 1. The fourth-order valence-electron chi connectivity index (χ4n) is 2.72. The number of piperidine rings is 1. The molecule has 6 heteroatoms. The molecule has 0 unspecified atom stereocenters. The van der Waals surface area contributed by atoms with Crippen molar-refractivity contribution < 1.29 is 18.0 Å². The zero-order valence-corrected chi connectivity index (χ0v) is 11.7. The zero-order valence-electron chi connectivity index (χ0n) is 11.7.